The molecule has 0 aliphatic heterocycles. The number of hydrogen-bond donors (Lipinski definition) is 0. The van der Waals surface area contributed by atoms with E-state index in [1.165, 1.54) is 22.7 Å². The topological polar surface area (TPSA) is 43.6 Å². The number of benzene rings is 1. The van der Waals surface area contributed by atoms with Crippen LogP contribution >= 0.6 is 34.3 Å². The summed E-state index contributed by atoms with van der Waals surface area (Å²) in [6.45, 7) is 2.54. The predicted octanol–water partition coefficient (Wildman–Crippen LogP) is 4.09. The van der Waals surface area contributed by atoms with Gasteiger partial charge in [0, 0.05) is 7.05 Å². The SMILES string of the molecule is CCOc1cccc2sc(=NC(=O)c3ccc(Cl)s3)n(C)c12. The van der Waals surface area contributed by atoms with Crippen LogP contribution in [0, 0.1) is 0 Å². The molecule has 0 fully saturated rings. The van der Waals surface area contributed by atoms with E-state index in [9.17, 15) is 4.79 Å². The first-order valence-electron chi connectivity index (χ1n) is 6.66. The Bertz CT molecular complexity index is 908. The molecule has 4 nitrogen and oxygen atoms in total. The second-order valence-electron chi connectivity index (χ2n) is 4.50. The molecule has 1 aromatic carbocycles. The molecule has 22 heavy (non-hydrogen) atoms. The Morgan fingerprint density at radius 1 is 1.32 bits per heavy atom. The molecule has 0 N–H and O–H groups in total. The number of thiophene rings is 1. The molecule has 1 amide bonds. The summed E-state index contributed by atoms with van der Waals surface area (Å²) in [5, 5.41) is 0. The van der Waals surface area contributed by atoms with E-state index in [1.54, 1.807) is 12.1 Å². The number of carbonyl (C=O) groups is 1. The summed E-state index contributed by atoms with van der Waals surface area (Å²) < 4.78 is 9.15. The highest BCUT2D eigenvalue weighted by Gasteiger charge is 2.11. The van der Waals surface area contributed by atoms with Crippen molar-refractivity contribution in [3.8, 4) is 5.75 Å². The average Bonchev–Trinajstić information content (AvgIpc) is 3.05. The molecule has 2 heterocycles. The van der Waals surface area contributed by atoms with Gasteiger partial charge in [-0.25, -0.2) is 0 Å². The highest BCUT2D eigenvalue weighted by Crippen LogP contribution is 2.27. The van der Waals surface area contributed by atoms with Gasteiger partial charge in [0.25, 0.3) is 5.91 Å². The summed E-state index contributed by atoms with van der Waals surface area (Å²) in [6, 6.07) is 9.25. The molecule has 0 aliphatic rings. The summed E-state index contributed by atoms with van der Waals surface area (Å²) in [5.41, 5.74) is 0.949. The van der Waals surface area contributed by atoms with Crippen LogP contribution in [0.2, 0.25) is 4.34 Å². The quantitative estimate of drug-likeness (QED) is 0.712. The number of nitrogens with zero attached hydrogens (tertiary/aromatic N) is 2. The van der Waals surface area contributed by atoms with Crippen LogP contribution in [0.1, 0.15) is 16.6 Å². The predicted molar refractivity (Wildman–Crippen MR) is 91.2 cm³/mol. The maximum absolute atomic E-state index is 12.2. The Labute approximate surface area is 140 Å². The van der Waals surface area contributed by atoms with E-state index in [-0.39, 0.29) is 5.91 Å². The largest absolute Gasteiger partial charge is 0.492 e. The fourth-order valence-corrected chi connectivity index (χ4v) is 4.08. The number of ether oxygens (including phenoxy) is 1. The maximum Gasteiger partial charge on any atom is 0.289 e. The molecular weight excluding hydrogens is 340 g/mol. The Kier molecular flexibility index (Phi) is 4.33. The third kappa shape index (κ3) is 2.82. The second kappa shape index (κ2) is 6.24. The van der Waals surface area contributed by atoms with E-state index >= 15 is 0 Å². The van der Waals surface area contributed by atoms with Crippen LogP contribution in [0.25, 0.3) is 10.2 Å². The van der Waals surface area contributed by atoms with E-state index in [1.807, 2.05) is 36.7 Å². The molecule has 114 valence electrons. The fraction of sp³-hybridized carbons (Fsp3) is 0.200. The van der Waals surface area contributed by atoms with Gasteiger partial charge in [0.05, 0.1) is 20.5 Å². The van der Waals surface area contributed by atoms with Crippen molar-refractivity contribution >= 4 is 50.4 Å². The number of hydrogen-bond acceptors (Lipinski definition) is 4. The summed E-state index contributed by atoms with van der Waals surface area (Å²) in [6.07, 6.45) is 0. The summed E-state index contributed by atoms with van der Waals surface area (Å²) in [7, 11) is 1.88. The van der Waals surface area contributed by atoms with Gasteiger partial charge >= 0.3 is 0 Å². The summed E-state index contributed by atoms with van der Waals surface area (Å²) >= 11 is 8.56. The lowest BCUT2D eigenvalue weighted by Gasteiger charge is -2.05. The zero-order valence-corrected chi connectivity index (χ0v) is 14.4. The van der Waals surface area contributed by atoms with Crippen LogP contribution in [0.15, 0.2) is 35.3 Å². The Morgan fingerprint density at radius 3 is 2.82 bits per heavy atom. The van der Waals surface area contributed by atoms with Gasteiger partial charge in [-0.3, -0.25) is 4.79 Å². The molecule has 3 rings (SSSR count). The normalized spacial score (nSPS) is 12.0. The third-order valence-electron chi connectivity index (χ3n) is 3.07. The van der Waals surface area contributed by atoms with Gasteiger partial charge < -0.3 is 9.30 Å². The Morgan fingerprint density at radius 2 is 2.14 bits per heavy atom. The van der Waals surface area contributed by atoms with Crippen molar-refractivity contribution in [2.75, 3.05) is 6.61 Å². The molecule has 3 aromatic rings. The molecule has 7 heteroatoms. The molecule has 0 atom stereocenters. The molecule has 0 saturated carbocycles. The van der Waals surface area contributed by atoms with Crippen molar-refractivity contribution in [1.82, 2.24) is 4.57 Å². The standard InChI is InChI=1S/C15H13ClN2O2S2/c1-3-20-9-5-4-6-10-13(9)18(2)15(22-10)17-14(19)11-7-8-12(16)21-11/h4-8H,3H2,1-2H3. The van der Waals surface area contributed by atoms with Crippen LogP contribution in [0.3, 0.4) is 0 Å². The van der Waals surface area contributed by atoms with E-state index in [2.05, 4.69) is 4.99 Å². The van der Waals surface area contributed by atoms with Crippen molar-refractivity contribution < 1.29 is 9.53 Å². The van der Waals surface area contributed by atoms with Crippen molar-refractivity contribution in [2.45, 2.75) is 6.92 Å². The van der Waals surface area contributed by atoms with Gasteiger partial charge in [0.15, 0.2) is 4.80 Å². The lowest BCUT2D eigenvalue weighted by Crippen LogP contribution is -2.13. The van der Waals surface area contributed by atoms with E-state index < -0.39 is 0 Å². The smallest absolute Gasteiger partial charge is 0.289 e. The lowest BCUT2D eigenvalue weighted by atomic mass is 10.3. The number of fused-ring (bicyclic) bond motifs is 1. The first-order chi connectivity index (χ1) is 10.6. The van der Waals surface area contributed by atoms with E-state index in [0.29, 0.717) is 20.6 Å². The number of carbonyl (C=O) groups excluding carboxylic acids is 1. The molecule has 2 aromatic heterocycles. The molecule has 0 bridgehead atoms. The Hall–Kier alpha value is -1.63. The van der Waals surface area contributed by atoms with Gasteiger partial charge in [0.1, 0.15) is 11.3 Å². The molecule has 0 unspecified atom stereocenters. The van der Waals surface area contributed by atoms with Crippen LogP contribution in [0.5, 0.6) is 5.75 Å². The number of aromatic nitrogens is 1. The van der Waals surface area contributed by atoms with Gasteiger partial charge in [-0.15, -0.1) is 11.3 Å². The van der Waals surface area contributed by atoms with Gasteiger partial charge in [-0.2, -0.15) is 4.99 Å². The molecule has 0 aliphatic carbocycles. The minimum Gasteiger partial charge on any atom is -0.492 e. The first kappa shape index (κ1) is 15.3. The van der Waals surface area contributed by atoms with Gasteiger partial charge in [0.2, 0.25) is 0 Å². The number of amides is 1. The number of para-hydroxylation sites is 1. The summed E-state index contributed by atoms with van der Waals surface area (Å²) in [4.78, 5) is 17.6. The van der Waals surface area contributed by atoms with E-state index in [4.69, 9.17) is 16.3 Å². The monoisotopic (exact) mass is 352 g/mol. The maximum atomic E-state index is 12.2. The van der Waals surface area contributed by atoms with Crippen molar-refractivity contribution in [3.05, 3.63) is 44.3 Å². The molecule has 0 saturated heterocycles. The van der Waals surface area contributed by atoms with Crippen molar-refractivity contribution in [1.29, 1.82) is 0 Å². The minimum atomic E-state index is -0.281. The van der Waals surface area contributed by atoms with Crippen molar-refractivity contribution in [2.24, 2.45) is 12.0 Å². The van der Waals surface area contributed by atoms with Gasteiger partial charge in [-0.1, -0.05) is 29.0 Å². The highest BCUT2D eigenvalue weighted by atomic mass is 35.5. The lowest BCUT2D eigenvalue weighted by molar-refractivity contribution is 0.100. The zero-order chi connectivity index (χ0) is 15.7. The second-order valence-corrected chi connectivity index (χ2v) is 7.22. The number of thiazole rings is 1. The first-order valence-corrected chi connectivity index (χ1v) is 8.67. The van der Waals surface area contributed by atoms with E-state index in [0.717, 1.165) is 16.0 Å². The highest BCUT2D eigenvalue weighted by molar-refractivity contribution is 7.18. The molecule has 0 radical (unpaired) electrons. The summed E-state index contributed by atoms with van der Waals surface area (Å²) in [5.74, 6) is 0.517. The van der Waals surface area contributed by atoms with Crippen LogP contribution < -0.4 is 9.54 Å². The zero-order valence-electron chi connectivity index (χ0n) is 12.0. The number of aryl methyl sites for hydroxylation is 1. The minimum absolute atomic E-state index is 0.281. The molecular formula is C15H13ClN2O2S2. The van der Waals surface area contributed by atoms with Crippen LogP contribution in [0.4, 0.5) is 0 Å². The fourth-order valence-electron chi connectivity index (χ4n) is 2.12. The number of halogens is 1. The van der Waals surface area contributed by atoms with Gasteiger partial charge in [-0.05, 0) is 31.2 Å². The number of rotatable bonds is 3. The van der Waals surface area contributed by atoms with Crippen LogP contribution in [-0.2, 0) is 7.05 Å². The van der Waals surface area contributed by atoms with Crippen LogP contribution in [-0.4, -0.2) is 17.1 Å². The average molecular weight is 353 g/mol. The molecule has 0 spiro atoms. The van der Waals surface area contributed by atoms with Crippen molar-refractivity contribution in [3.63, 3.8) is 0 Å². The third-order valence-corrected chi connectivity index (χ3v) is 5.38. The Balaban J connectivity index is 2.11.